The van der Waals surface area contributed by atoms with E-state index in [1.165, 1.54) is 4.57 Å². The second-order valence-electron chi connectivity index (χ2n) is 6.35. The van der Waals surface area contributed by atoms with E-state index in [1.54, 1.807) is 32.2 Å². The number of ether oxygens (including phenoxy) is 1. The molecular weight excluding hydrogens is 434 g/mol. The molecular formula is C22H18BrN3O3. The molecule has 1 N–H and O–H groups in total. The van der Waals surface area contributed by atoms with E-state index in [9.17, 15) is 14.9 Å². The van der Waals surface area contributed by atoms with Crippen LogP contribution in [0.5, 0.6) is 5.75 Å². The molecule has 3 aromatic rings. The molecule has 146 valence electrons. The number of pyridine rings is 1. The van der Waals surface area contributed by atoms with Gasteiger partial charge in [-0.25, -0.2) is 0 Å². The van der Waals surface area contributed by atoms with Crippen molar-refractivity contribution in [2.75, 3.05) is 12.4 Å². The quantitative estimate of drug-likeness (QED) is 0.632. The molecule has 0 fully saturated rings. The van der Waals surface area contributed by atoms with Crippen LogP contribution >= 0.6 is 15.9 Å². The van der Waals surface area contributed by atoms with Gasteiger partial charge in [0.15, 0.2) is 0 Å². The van der Waals surface area contributed by atoms with E-state index in [-0.39, 0.29) is 18.0 Å². The van der Waals surface area contributed by atoms with E-state index in [1.807, 2.05) is 42.5 Å². The van der Waals surface area contributed by atoms with Crippen LogP contribution in [0, 0.1) is 18.3 Å². The Balaban J connectivity index is 1.99. The van der Waals surface area contributed by atoms with Crippen molar-refractivity contribution in [2.45, 2.75) is 13.5 Å². The van der Waals surface area contributed by atoms with Crippen molar-refractivity contribution in [3.05, 3.63) is 80.7 Å². The number of nitrogens with one attached hydrogen (secondary N) is 1. The van der Waals surface area contributed by atoms with Crippen LogP contribution in [0.3, 0.4) is 0 Å². The fourth-order valence-corrected chi connectivity index (χ4v) is 3.25. The minimum atomic E-state index is -0.498. The summed E-state index contributed by atoms with van der Waals surface area (Å²) < 4.78 is 7.48. The number of amides is 1. The van der Waals surface area contributed by atoms with Crippen LogP contribution < -0.4 is 15.6 Å². The fourth-order valence-electron chi connectivity index (χ4n) is 2.98. The Morgan fingerprint density at radius 3 is 2.59 bits per heavy atom. The van der Waals surface area contributed by atoms with Crippen molar-refractivity contribution in [1.82, 2.24) is 4.57 Å². The van der Waals surface area contributed by atoms with Gasteiger partial charge in [-0.05, 0) is 55.0 Å². The number of hydrogen-bond donors (Lipinski definition) is 1. The standard InChI is InChI=1S/C22H18BrN3O3/c1-14-20(15-4-3-5-19(10-15)29-2)11-16(12-24)22(28)26(14)13-21(27)25-18-8-6-17(23)7-9-18/h3-11H,13H2,1-2H3,(H,25,27). The number of carbonyl (C=O) groups is 1. The third-order valence-corrected chi connectivity index (χ3v) is 5.02. The zero-order valence-electron chi connectivity index (χ0n) is 15.9. The van der Waals surface area contributed by atoms with Gasteiger partial charge >= 0.3 is 0 Å². The Kier molecular flexibility index (Phi) is 6.15. The summed E-state index contributed by atoms with van der Waals surface area (Å²) in [5.41, 5.74) is 2.17. The lowest BCUT2D eigenvalue weighted by molar-refractivity contribution is -0.116. The Morgan fingerprint density at radius 1 is 1.21 bits per heavy atom. The SMILES string of the molecule is COc1cccc(-c2cc(C#N)c(=O)n(CC(=O)Nc3ccc(Br)cc3)c2C)c1. The molecule has 0 saturated heterocycles. The van der Waals surface area contributed by atoms with Crippen LogP contribution in [0.25, 0.3) is 11.1 Å². The summed E-state index contributed by atoms with van der Waals surface area (Å²) in [6.45, 7) is 1.55. The third-order valence-electron chi connectivity index (χ3n) is 4.49. The second kappa shape index (κ2) is 8.76. The van der Waals surface area contributed by atoms with Crippen molar-refractivity contribution < 1.29 is 9.53 Å². The lowest BCUT2D eigenvalue weighted by atomic mass is 10.0. The van der Waals surface area contributed by atoms with E-state index < -0.39 is 5.56 Å². The largest absolute Gasteiger partial charge is 0.497 e. The molecule has 0 saturated carbocycles. The Morgan fingerprint density at radius 2 is 1.93 bits per heavy atom. The summed E-state index contributed by atoms with van der Waals surface area (Å²) in [6, 6.07) is 17.9. The van der Waals surface area contributed by atoms with Gasteiger partial charge in [0, 0.05) is 21.4 Å². The zero-order valence-corrected chi connectivity index (χ0v) is 17.5. The molecule has 0 spiro atoms. The monoisotopic (exact) mass is 451 g/mol. The van der Waals surface area contributed by atoms with E-state index in [0.717, 1.165) is 10.0 Å². The van der Waals surface area contributed by atoms with Gasteiger partial charge in [0.05, 0.1) is 7.11 Å². The molecule has 0 radical (unpaired) electrons. The Labute approximate surface area is 176 Å². The average Bonchev–Trinajstić information content (AvgIpc) is 2.73. The number of hydrogen-bond acceptors (Lipinski definition) is 4. The van der Waals surface area contributed by atoms with Gasteiger partial charge < -0.3 is 14.6 Å². The van der Waals surface area contributed by atoms with Crippen LogP contribution in [-0.2, 0) is 11.3 Å². The minimum absolute atomic E-state index is 0.0233. The van der Waals surface area contributed by atoms with Gasteiger partial charge in [-0.15, -0.1) is 0 Å². The van der Waals surface area contributed by atoms with Crippen molar-refractivity contribution in [3.8, 4) is 22.9 Å². The highest BCUT2D eigenvalue weighted by molar-refractivity contribution is 9.10. The summed E-state index contributed by atoms with van der Waals surface area (Å²) in [4.78, 5) is 25.2. The number of nitriles is 1. The number of anilines is 1. The first-order valence-electron chi connectivity index (χ1n) is 8.77. The van der Waals surface area contributed by atoms with Crippen molar-refractivity contribution in [1.29, 1.82) is 5.26 Å². The van der Waals surface area contributed by atoms with E-state index in [0.29, 0.717) is 22.7 Å². The number of rotatable bonds is 5. The van der Waals surface area contributed by atoms with Gasteiger partial charge in [-0.2, -0.15) is 5.26 Å². The zero-order chi connectivity index (χ0) is 21.0. The first-order chi connectivity index (χ1) is 13.9. The highest BCUT2D eigenvalue weighted by Crippen LogP contribution is 2.26. The van der Waals surface area contributed by atoms with Crippen LogP contribution in [0.1, 0.15) is 11.3 Å². The number of methoxy groups -OCH3 is 1. The fraction of sp³-hybridized carbons (Fsp3) is 0.136. The van der Waals surface area contributed by atoms with Crippen LogP contribution in [0.15, 0.2) is 63.9 Å². The van der Waals surface area contributed by atoms with Gasteiger partial charge in [-0.1, -0.05) is 28.1 Å². The predicted octanol–water partition coefficient (Wildman–Crippen LogP) is 4.11. The van der Waals surface area contributed by atoms with Gasteiger partial charge in [0.2, 0.25) is 5.91 Å². The smallest absolute Gasteiger partial charge is 0.269 e. The lowest BCUT2D eigenvalue weighted by Crippen LogP contribution is -2.31. The van der Waals surface area contributed by atoms with E-state index in [4.69, 9.17) is 4.74 Å². The molecule has 29 heavy (non-hydrogen) atoms. The summed E-state index contributed by atoms with van der Waals surface area (Å²) >= 11 is 3.34. The van der Waals surface area contributed by atoms with Gasteiger partial charge in [0.1, 0.15) is 23.9 Å². The second-order valence-corrected chi connectivity index (χ2v) is 7.26. The highest BCUT2D eigenvalue weighted by atomic mass is 79.9. The van der Waals surface area contributed by atoms with Crippen molar-refractivity contribution in [2.24, 2.45) is 0 Å². The maximum Gasteiger partial charge on any atom is 0.269 e. The van der Waals surface area contributed by atoms with Crippen LogP contribution in [0.2, 0.25) is 0 Å². The summed E-state index contributed by atoms with van der Waals surface area (Å²) in [6.07, 6.45) is 0. The molecule has 0 unspecified atom stereocenters. The Hall–Kier alpha value is -3.37. The normalized spacial score (nSPS) is 10.3. The molecule has 7 heteroatoms. The first kappa shape index (κ1) is 20.4. The molecule has 0 atom stereocenters. The van der Waals surface area contributed by atoms with Gasteiger partial charge in [-0.3, -0.25) is 9.59 Å². The molecule has 0 bridgehead atoms. The predicted molar refractivity (Wildman–Crippen MR) is 115 cm³/mol. The maximum atomic E-state index is 12.7. The van der Waals surface area contributed by atoms with Crippen LogP contribution in [-0.4, -0.2) is 17.6 Å². The summed E-state index contributed by atoms with van der Waals surface area (Å²) in [5.74, 6) is 0.301. The molecule has 3 rings (SSSR count). The van der Waals surface area contributed by atoms with E-state index in [2.05, 4.69) is 21.2 Å². The third kappa shape index (κ3) is 4.55. The van der Waals surface area contributed by atoms with E-state index >= 15 is 0 Å². The molecule has 0 aliphatic rings. The molecule has 6 nitrogen and oxygen atoms in total. The molecule has 0 aliphatic carbocycles. The average molecular weight is 452 g/mol. The number of carbonyl (C=O) groups excluding carboxylic acids is 1. The topological polar surface area (TPSA) is 84.1 Å². The lowest BCUT2D eigenvalue weighted by Gasteiger charge is -2.15. The molecule has 1 amide bonds. The first-order valence-corrected chi connectivity index (χ1v) is 9.56. The number of halogens is 1. The summed E-state index contributed by atoms with van der Waals surface area (Å²) in [7, 11) is 1.57. The molecule has 2 aromatic carbocycles. The maximum absolute atomic E-state index is 12.7. The van der Waals surface area contributed by atoms with Crippen molar-refractivity contribution >= 4 is 27.5 Å². The van der Waals surface area contributed by atoms with Crippen LogP contribution in [0.4, 0.5) is 5.69 Å². The highest BCUT2D eigenvalue weighted by Gasteiger charge is 2.16. The van der Waals surface area contributed by atoms with Gasteiger partial charge in [0.25, 0.3) is 5.56 Å². The number of benzene rings is 2. The summed E-state index contributed by atoms with van der Waals surface area (Å²) in [5, 5.41) is 12.2. The minimum Gasteiger partial charge on any atom is -0.497 e. The van der Waals surface area contributed by atoms with Crippen molar-refractivity contribution in [3.63, 3.8) is 0 Å². The number of aromatic nitrogens is 1. The Bertz CT molecular complexity index is 1160. The molecule has 0 aliphatic heterocycles. The number of nitrogens with zero attached hydrogens (tertiary/aromatic N) is 2. The molecule has 1 aromatic heterocycles. The molecule has 1 heterocycles.